The second kappa shape index (κ2) is 19.7. The van der Waals surface area contributed by atoms with Crippen LogP contribution in [0.5, 0.6) is 11.5 Å². The standard InChI is InChI=1S/C38H46O7S2.Na/c1-3-5-7-8-9-10-15-34(39)28-16-22-35(40)33(25-28)38(41)32-14-12-11-13-31(32)27-17-23-36(37(26-27)47(42,43)44)46-30-20-18-29(19-21-30)45-24-6-4-2;/h11-14,16-23,25-26,34,38-41H,3-10,15,24H2,1-2H3,(H,42,43,44);/q;+1/p-1. The minimum Gasteiger partial charge on any atom is -0.744 e. The number of phenolic OH excluding ortho intramolecular Hbond substituents is 1. The fourth-order valence-electron chi connectivity index (χ4n) is 5.47. The van der Waals surface area contributed by atoms with Gasteiger partial charge in [-0.3, -0.25) is 0 Å². The maximum absolute atomic E-state index is 12.5. The Bertz CT molecular complexity index is 1690. The molecule has 0 amide bonds. The van der Waals surface area contributed by atoms with Crippen LogP contribution in [0.25, 0.3) is 11.1 Å². The van der Waals surface area contributed by atoms with Crippen molar-refractivity contribution in [3.63, 3.8) is 0 Å². The molecule has 252 valence electrons. The first-order chi connectivity index (χ1) is 22.6. The number of aromatic hydroxyl groups is 1. The SMILES string of the molecule is CCCCCCCCC(O)c1ccc(O)c(C(O)c2ccccc2-c2ccc(Sc3ccc(OCCCC)cc3)c(S(=O)(=O)[O-])c2)c1.[Na+]. The van der Waals surface area contributed by atoms with Gasteiger partial charge in [0.2, 0.25) is 0 Å². The third-order valence-electron chi connectivity index (χ3n) is 8.16. The number of hydrogen-bond acceptors (Lipinski definition) is 8. The van der Waals surface area contributed by atoms with Crippen LogP contribution in [0.4, 0.5) is 0 Å². The molecule has 0 fully saturated rings. The molecule has 4 aromatic carbocycles. The molecule has 2 atom stereocenters. The van der Waals surface area contributed by atoms with E-state index in [4.69, 9.17) is 4.74 Å². The number of aliphatic hydroxyl groups excluding tert-OH is 2. The van der Waals surface area contributed by atoms with Gasteiger partial charge in [-0.25, -0.2) is 8.42 Å². The van der Waals surface area contributed by atoms with Gasteiger partial charge in [0.05, 0.1) is 17.6 Å². The fraction of sp³-hybridized carbons (Fsp3) is 0.368. The van der Waals surface area contributed by atoms with Crippen LogP contribution in [0, 0.1) is 0 Å². The van der Waals surface area contributed by atoms with E-state index in [1.54, 1.807) is 48.5 Å². The van der Waals surface area contributed by atoms with Gasteiger partial charge in [-0.2, -0.15) is 0 Å². The van der Waals surface area contributed by atoms with E-state index < -0.39 is 22.3 Å². The van der Waals surface area contributed by atoms with Gasteiger partial charge in [-0.1, -0.05) is 107 Å². The van der Waals surface area contributed by atoms with Gasteiger partial charge < -0.3 is 24.6 Å². The quantitative estimate of drug-likeness (QED) is 0.0640. The van der Waals surface area contributed by atoms with Gasteiger partial charge in [0.25, 0.3) is 0 Å². The van der Waals surface area contributed by atoms with Crippen molar-refractivity contribution in [1.29, 1.82) is 0 Å². The zero-order valence-corrected chi connectivity index (χ0v) is 31.7. The van der Waals surface area contributed by atoms with Crippen LogP contribution >= 0.6 is 11.8 Å². The van der Waals surface area contributed by atoms with Crippen molar-refractivity contribution in [1.82, 2.24) is 0 Å². The largest absolute Gasteiger partial charge is 1.00 e. The fourth-order valence-corrected chi connectivity index (χ4v) is 7.31. The summed E-state index contributed by atoms with van der Waals surface area (Å²) in [5, 5.41) is 33.1. The molecule has 0 saturated carbocycles. The van der Waals surface area contributed by atoms with Crippen LogP contribution in [0.1, 0.15) is 101 Å². The summed E-state index contributed by atoms with van der Waals surface area (Å²) in [5.41, 5.74) is 2.18. The first kappa shape index (κ1) is 40.1. The van der Waals surface area contributed by atoms with Crippen LogP contribution in [-0.2, 0) is 10.1 Å². The van der Waals surface area contributed by atoms with Crippen LogP contribution in [0.3, 0.4) is 0 Å². The van der Waals surface area contributed by atoms with Crippen molar-refractivity contribution >= 4 is 21.9 Å². The van der Waals surface area contributed by atoms with Crippen molar-refractivity contribution in [2.24, 2.45) is 0 Å². The summed E-state index contributed by atoms with van der Waals surface area (Å²) < 4.78 is 43.1. The average molecular weight is 701 g/mol. The van der Waals surface area contributed by atoms with Crippen LogP contribution in [0.15, 0.2) is 99.6 Å². The molecule has 7 nitrogen and oxygen atoms in total. The third-order valence-corrected chi connectivity index (χ3v) is 10.2. The molecule has 0 spiro atoms. The van der Waals surface area contributed by atoms with E-state index in [1.165, 1.54) is 31.4 Å². The second-order valence-electron chi connectivity index (χ2n) is 11.8. The summed E-state index contributed by atoms with van der Waals surface area (Å²) in [6.07, 6.45) is 7.17. The Morgan fingerprint density at radius 2 is 1.48 bits per heavy atom. The number of unbranched alkanes of at least 4 members (excludes halogenated alkanes) is 6. The predicted molar refractivity (Wildman–Crippen MR) is 186 cm³/mol. The van der Waals surface area contributed by atoms with E-state index in [1.807, 2.05) is 24.3 Å². The van der Waals surface area contributed by atoms with E-state index in [0.29, 0.717) is 41.0 Å². The van der Waals surface area contributed by atoms with Crippen LogP contribution < -0.4 is 34.3 Å². The summed E-state index contributed by atoms with van der Waals surface area (Å²) in [6, 6.07) is 23.6. The minimum absolute atomic E-state index is 0. The van der Waals surface area contributed by atoms with Gasteiger partial charge in [0.1, 0.15) is 27.7 Å². The van der Waals surface area contributed by atoms with Gasteiger partial charge in [-0.15, -0.1) is 0 Å². The summed E-state index contributed by atoms with van der Waals surface area (Å²) in [4.78, 5) is 0.664. The van der Waals surface area contributed by atoms with E-state index in [2.05, 4.69) is 13.8 Å². The van der Waals surface area contributed by atoms with E-state index in [0.717, 1.165) is 48.8 Å². The molecule has 0 bridgehead atoms. The maximum atomic E-state index is 12.5. The zero-order chi connectivity index (χ0) is 33.8. The molecule has 0 aromatic heterocycles. The Balaban J connectivity index is 0.00000625. The summed E-state index contributed by atoms with van der Waals surface area (Å²) in [6.45, 7) is 4.88. The zero-order valence-electron chi connectivity index (χ0n) is 28.1. The third kappa shape index (κ3) is 11.4. The molecule has 48 heavy (non-hydrogen) atoms. The molecule has 3 N–H and O–H groups in total. The number of rotatable bonds is 18. The monoisotopic (exact) mass is 700 g/mol. The number of phenols is 1. The first-order valence-electron chi connectivity index (χ1n) is 16.4. The van der Waals surface area contributed by atoms with Crippen molar-refractivity contribution < 1.29 is 62.6 Å². The van der Waals surface area contributed by atoms with Gasteiger partial charge in [-0.05, 0) is 83.6 Å². The van der Waals surface area contributed by atoms with Crippen molar-refractivity contribution in [2.75, 3.05) is 6.61 Å². The number of aliphatic hydroxyl groups is 2. The van der Waals surface area contributed by atoms with E-state index >= 15 is 0 Å². The average Bonchev–Trinajstić information content (AvgIpc) is 3.06. The first-order valence-corrected chi connectivity index (χ1v) is 18.6. The van der Waals surface area contributed by atoms with Crippen LogP contribution in [0.2, 0.25) is 0 Å². The Labute approximate surface area is 311 Å². The number of hydrogen-bond donors (Lipinski definition) is 3. The van der Waals surface area contributed by atoms with E-state index in [9.17, 15) is 28.3 Å². The summed E-state index contributed by atoms with van der Waals surface area (Å²) in [5.74, 6) is 0.591. The molecule has 0 heterocycles. The molecule has 0 radical (unpaired) electrons. The van der Waals surface area contributed by atoms with Gasteiger partial charge in [0.15, 0.2) is 0 Å². The molecule has 4 aromatic rings. The normalized spacial score (nSPS) is 12.7. The van der Waals surface area contributed by atoms with Crippen molar-refractivity contribution in [3.05, 3.63) is 102 Å². The van der Waals surface area contributed by atoms with Gasteiger partial charge in [0, 0.05) is 15.4 Å². The predicted octanol–water partition coefficient (Wildman–Crippen LogP) is 6.16. The molecular weight excluding hydrogens is 656 g/mol. The smallest absolute Gasteiger partial charge is 0.744 e. The van der Waals surface area contributed by atoms with E-state index in [-0.39, 0.29) is 50.7 Å². The van der Waals surface area contributed by atoms with Gasteiger partial charge >= 0.3 is 29.6 Å². The molecule has 2 unspecified atom stereocenters. The Kier molecular flexibility index (Phi) is 16.5. The molecule has 0 saturated heterocycles. The topological polar surface area (TPSA) is 127 Å². The summed E-state index contributed by atoms with van der Waals surface area (Å²) >= 11 is 1.16. The molecule has 4 rings (SSSR count). The van der Waals surface area contributed by atoms with Crippen molar-refractivity contribution in [3.8, 4) is 22.6 Å². The summed E-state index contributed by atoms with van der Waals surface area (Å²) in [7, 11) is -4.85. The Hall–Kier alpha value is -2.34. The Morgan fingerprint density at radius 3 is 2.19 bits per heavy atom. The number of benzene rings is 4. The molecule has 0 aliphatic heterocycles. The second-order valence-corrected chi connectivity index (χ2v) is 14.2. The molecule has 0 aliphatic rings. The maximum Gasteiger partial charge on any atom is 1.00 e. The van der Waals surface area contributed by atoms with Crippen molar-refractivity contribution in [2.45, 2.75) is 98.5 Å². The minimum atomic E-state index is -4.85. The molecular formula is C38H45NaO7S2. The molecule has 0 aliphatic carbocycles. The molecule has 10 heteroatoms. The number of ether oxygens (including phenoxy) is 1. The Morgan fingerprint density at radius 1 is 0.792 bits per heavy atom. The van der Waals surface area contributed by atoms with Crippen LogP contribution in [-0.4, -0.2) is 34.9 Å².